The molecule has 0 bridgehead atoms. The number of piperidine rings is 1. The fourth-order valence-electron chi connectivity index (χ4n) is 3.68. The summed E-state index contributed by atoms with van der Waals surface area (Å²) in [6, 6.07) is 12.5. The van der Waals surface area contributed by atoms with E-state index in [0.717, 1.165) is 24.1 Å². The summed E-state index contributed by atoms with van der Waals surface area (Å²) in [5.41, 5.74) is 3.45. The van der Waals surface area contributed by atoms with E-state index in [1.165, 1.54) is 10.5 Å². The highest BCUT2D eigenvalue weighted by Crippen LogP contribution is 2.17. The summed E-state index contributed by atoms with van der Waals surface area (Å²) in [7, 11) is 0. The first kappa shape index (κ1) is 19.1. The number of hydrogen-bond donors (Lipinski definition) is 2. The van der Waals surface area contributed by atoms with E-state index in [2.05, 4.69) is 10.3 Å². The molecule has 7 nitrogen and oxygen atoms in total. The molecule has 3 aromatic rings. The Morgan fingerprint density at radius 1 is 1.28 bits per heavy atom. The first-order valence-corrected chi connectivity index (χ1v) is 9.80. The van der Waals surface area contributed by atoms with Crippen molar-refractivity contribution in [3.8, 4) is 0 Å². The summed E-state index contributed by atoms with van der Waals surface area (Å²) < 4.78 is 1.53. The zero-order valence-electron chi connectivity index (χ0n) is 16.3. The molecule has 4 rings (SSSR count). The molecule has 29 heavy (non-hydrogen) atoms. The normalized spacial score (nSPS) is 16.8. The van der Waals surface area contributed by atoms with Crippen molar-refractivity contribution in [1.82, 2.24) is 14.3 Å². The van der Waals surface area contributed by atoms with Gasteiger partial charge in [-0.3, -0.25) is 14.0 Å². The third-order valence-electron chi connectivity index (χ3n) is 5.21. The molecule has 1 aliphatic rings. The summed E-state index contributed by atoms with van der Waals surface area (Å²) in [5.74, 6) is -0.0786. The molecule has 150 valence electrons. The van der Waals surface area contributed by atoms with Crippen LogP contribution in [0.5, 0.6) is 0 Å². The predicted octanol–water partition coefficient (Wildman–Crippen LogP) is 2.21. The zero-order chi connectivity index (χ0) is 20.4. The van der Waals surface area contributed by atoms with Crippen molar-refractivity contribution in [2.45, 2.75) is 32.4 Å². The molecule has 1 unspecified atom stereocenters. The molecule has 1 fully saturated rings. The maximum Gasteiger partial charge on any atom is 0.258 e. The maximum absolute atomic E-state index is 12.7. The molecule has 0 saturated carbocycles. The van der Waals surface area contributed by atoms with Gasteiger partial charge in [0, 0.05) is 36.6 Å². The number of benzene rings is 1. The number of rotatable bonds is 4. The Morgan fingerprint density at radius 3 is 2.97 bits per heavy atom. The molecule has 1 atom stereocenters. The van der Waals surface area contributed by atoms with Crippen molar-refractivity contribution in [1.29, 1.82) is 0 Å². The van der Waals surface area contributed by atoms with Crippen LogP contribution in [0.3, 0.4) is 0 Å². The van der Waals surface area contributed by atoms with Gasteiger partial charge in [0.2, 0.25) is 0 Å². The van der Waals surface area contributed by atoms with Crippen LogP contribution < -0.4 is 10.9 Å². The van der Waals surface area contributed by atoms with Crippen LogP contribution in [0, 0.1) is 6.92 Å². The van der Waals surface area contributed by atoms with Crippen LogP contribution in [-0.4, -0.2) is 44.5 Å². The van der Waals surface area contributed by atoms with Crippen molar-refractivity contribution in [3.63, 3.8) is 0 Å². The number of hydrogen-bond acceptors (Lipinski definition) is 5. The molecule has 2 N–H and O–H groups in total. The van der Waals surface area contributed by atoms with E-state index in [0.29, 0.717) is 36.5 Å². The van der Waals surface area contributed by atoms with Crippen LogP contribution >= 0.6 is 0 Å². The van der Waals surface area contributed by atoms with Gasteiger partial charge < -0.3 is 15.3 Å². The Labute approximate surface area is 168 Å². The highest BCUT2D eigenvalue weighted by molar-refractivity contribution is 5.95. The molecule has 1 saturated heterocycles. The first-order chi connectivity index (χ1) is 14.0. The molecule has 1 aromatic carbocycles. The Bertz CT molecular complexity index is 1110. The van der Waals surface area contributed by atoms with E-state index in [9.17, 15) is 14.7 Å². The lowest BCUT2D eigenvalue weighted by Gasteiger charge is -2.30. The number of aliphatic hydroxyl groups is 1. The number of fused-ring (bicyclic) bond motifs is 1. The number of carbonyl (C=O) groups excluding carboxylic acids is 1. The van der Waals surface area contributed by atoms with E-state index < -0.39 is 6.10 Å². The van der Waals surface area contributed by atoms with Gasteiger partial charge in [0.05, 0.1) is 18.3 Å². The second-order valence-corrected chi connectivity index (χ2v) is 7.45. The summed E-state index contributed by atoms with van der Waals surface area (Å²) in [5, 5.41) is 13.1. The Morgan fingerprint density at radius 2 is 2.14 bits per heavy atom. The lowest BCUT2D eigenvalue weighted by Crippen LogP contribution is -2.42. The molecular formula is C22H24N4O3. The fourth-order valence-corrected chi connectivity index (χ4v) is 3.68. The SMILES string of the molecule is Cc1cccn2c(=O)cc(CNc3cccc(C(=O)N4CCCC(O)C4)c3)nc12. The second-order valence-electron chi connectivity index (χ2n) is 7.45. The van der Waals surface area contributed by atoms with Crippen molar-refractivity contribution < 1.29 is 9.90 Å². The largest absolute Gasteiger partial charge is 0.391 e. The number of likely N-dealkylation sites (tertiary alicyclic amines) is 1. The minimum Gasteiger partial charge on any atom is -0.391 e. The summed E-state index contributed by atoms with van der Waals surface area (Å²) >= 11 is 0. The fraction of sp³-hybridized carbons (Fsp3) is 0.318. The van der Waals surface area contributed by atoms with Crippen molar-refractivity contribution in [2.75, 3.05) is 18.4 Å². The maximum atomic E-state index is 12.7. The molecule has 0 spiro atoms. The molecule has 3 heterocycles. The number of pyridine rings is 1. The topological polar surface area (TPSA) is 86.9 Å². The number of nitrogens with zero attached hydrogens (tertiary/aromatic N) is 3. The highest BCUT2D eigenvalue weighted by atomic mass is 16.3. The van der Waals surface area contributed by atoms with E-state index in [1.54, 1.807) is 23.2 Å². The summed E-state index contributed by atoms with van der Waals surface area (Å²) in [4.78, 5) is 31.3. The van der Waals surface area contributed by atoms with Crippen LogP contribution in [0.25, 0.3) is 5.65 Å². The smallest absolute Gasteiger partial charge is 0.258 e. The van der Waals surface area contributed by atoms with Crippen molar-refractivity contribution in [2.24, 2.45) is 0 Å². The Kier molecular flexibility index (Phi) is 5.31. The average Bonchev–Trinajstić information content (AvgIpc) is 2.73. The molecule has 1 amide bonds. The molecule has 2 aromatic heterocycles. The van der Waals surface area contributed by atoms with Gasteiger partial charge in [-0.05, 0) is 49.6 Å². The number of carbonyl (C=O) groups is 1. The number of aliphatic hydroxyl groups excluding tert-OH is 1. The van der Waals surface area contributed by atoms with Gasteiger partial charge in [-0.1, -0.05) is 12.1 Å². The summed E-state index contributed by atoms with van der Waals surface area (Å²) in [6.45, 7) is 3.34. The lowest BCUT2D eigenvalue weighted by molar-refractivity contribution is 0.0474. The number of anilines is 1. The molecule has 1 aliphatic heterocycles. The van der Waals surface area contributed by atoms with E-state index in [-0.39, 0.29) is 11.5 Å². The van der Waals surface area contributed by atoms with Crippen LogP contribution in [0.4, 0.5) is 5.69 Å². The molecule has 7 heteroatoms. The van der Waals surface area contributed by atoms with Crippen LogP contribution in [0.15, 0.2) is 53.5 Å². The summed E-state index contributed by atoms with van der Waals surface area (Å²) in [6.07, 6.45) is 2.81. The van der Waals surface area contributed by atoms with Crippen LogP contribution in [0.1, 0.15) is 34.5 Å². The minimum atomic E-state index is -0.449. The average molecular weight is 392 g/mol. The van der Waals surface area contributed by atoms with Gasteiger partial charge >= 0.3 is 0 Å². The Balaban J connectivity index is 1.50. The minimum absolute atomic E-state index is 0.0786. The highest BCUT2D eigenvalue weighted by Gasteiger charge is 2.23. The third kappa shape index (κ3) is 4.14. The van der Waals surface area contributed by atoms with Gasteiger partial charge in [-0.25, -0.2) is 4.98 Å². The van der Waals surface area contributed by atoms with Crippen LogP contribution in [0.2, 0.25) is 0 Å². The number of amides is 1. The van der Waals surface area contributed by atoms with Gasteiger partial charge in [0.1, 0.15) is 5.65 Å². The third-order valence-corrected chi connectivity index (χ3v) is 5.21. The van der Waals surface area contributed by atoms with Gasteiger partial charge in [-0.2, -0.15) is 0 Å². The van der Waals surface area contributed by atoms with Crippen molar-refractivity contribution in [3.05, 3.63) is 75.8 Å². The van der Waals surface area contributed by atoms with Gasteiger partial charge in [0.15, 0.2) is 0 Å². The molecule has 0 radical (unpaired) electrons. The van der Waals surface area contributed by atoms with Gasteiger partial charge in [0.25, 0.3) is 11.5 Å². The van der Waals surface area contributed by atoms with Crippen LogP contribution in [-0.2, 0) is 6.54 Å². The lowest BCUT2D eigenvalue weighted by atomic mass is 10.1. The standard InChI is InChI=1S/C22H24N4O3/c1-15-5-3-10-26-20(28)12-18(24-21(15)26)13-23-17-7-2-6-16(11-17)22(29)25-9-4-8-19(27)14-25/h2-3,5-7,10-12,19,23,27H,4,8-9,13-14H2,1H3. The van der Waals surface area contributed by atoms with Gasteiger partial charge in [-0.15, -0.1) is 0 Å². The Hall–Kier alpha value is -3.19. The number of nitrogens with one attached hydrogen (secondary N) is 1. The van der Waals surface area contributed by atoms with Crippen molar-refractivity contribution >= 4 is 17.2 Å². The number of β-amino-alcohol motifs (C(OH)–C–C–N with tert-alkyl or cyclic N) is 1. The zero-order valence-corrected chi connectivity index (χ0v) is 16.3. The number of aromatic nitrogens is 2. The predicted molar refractivity (Wildman–Crippen MR) is 111 cm³/mol. The number of aryl methyl sites for hydroxylation is 1. The second kappa shape index (κ2) is 8.05. The monoisotopic (exact) mass is 392 g/mol. The first-order valence-electron chi connectivity index (χ1n) is 9.80. The van der Waals surface area contributed by atoms with E-state index in [1.807, 2.05) is 31.2 Å². The van der Waals surface area contributed by atoms with E-state index >= 15 is 0 Å². The molecule has 0 aliphatic carbocycles. The quantitative estimate of drug-likeness (QED) is 0.711. The van der Waals surface area contributed by atoms with E-state index in [4.69, 9.17) is 0 Å². The molecular weight excluding hydrogens is 368 g/mol.